The Morgan fingerprint density at radius 1 is 1.14 bits per heavy atom. The fraction of sp³-hybridized carbons (Fsp3) is 0.333. The molecule has 1 atom stereocenters. The summed E-state index contributed by atoms with van der Waals surface area (Å²) in [7, 11) is -3.74. The second kappa shape index (κ2) is 7.54. The first-order chi connectivity index (χ1) is 13.4. The van der Waals surface area contributed by atoms with E-state index in [0.717, 1.165) is 11.3 Å². The van der Waals surface area contributed by atoms with Crippen LogP contribution in [0.3, 0.4) is 0 Å². The summed E-state index contributed by atoms with van der Waals surface area (Å²) in [5.74, 6) is -1.74. The van der Waals surface area contributed by atoms with Gasteiger partial charge in [-0.15, -0.1) is 11.3 Å². The first-order valence-electron chi connectivity index (χ1n) is 8.53. The van der Waals surface area contributed by atoms with Crippen LogP contribution in [0, 0.1) is 5.92 Å². The zero-order valence-corrected chi connectivity index (χ0v) is 17.3. The van der Waals surface area contributed by atoms with Crippen LogP contribution in [0.4, 0.5) is 13.2 Å². The van der Waals surface area contributed by atoms with Gasteiger partial charge in [0.05, 0.1) is 5.54 Å². The molecular formula is C18H18F3N3O3S2. The average Bonchev–Trinajstić information content (AvgIpc) is 3.33. The highest BCUT2D eigenvalue weighted by Crippen LogP contribution is 2.34. The van der Waals surface area contributed by atoms with Crippen molar-refractivity contribution in [3.05, 3.63) is 53.2 Å². The Balaban J connectivity index is 1.92. The highest BCUT2D eigenvalue weighted by atomic mass is 32.2. The van der Waals surface area contributed by atoms with Crippen LogP contribution in [0.25, 0.3) is 11.4 Å². The Morgan fingerprint density at radius 2 is 1.79 bits per heavy atom. The molecule has 2 heterocycles. The Kier molecular flexibility index (Phi) is 5.58. The van der Waals surface area contributed by atoms with Crippen LogP contribution in [0.2, 0.25) is 0 Å². The molecule has 0 bridgehead atoms. The van der Waals surface area contributed by atoms with E-state index < -0.39 is 27.6 Å². The Morgan fingerprint density at radius 3 is 2.28 bits per heavy atom. The van der Waals surface area contributed by atoms with Gasteiger partial charge in [0.1, 0.15) is 4.21 Å². The summed E-state index contributed by atoms with van der Waals surface area (Å²) in [6.45, 7) is 5.51. The van der Waals surface area contributed by atoms with Gasteiger partial charge in [-0.2, -0.15) is 22.9 Å². The lowest BCUT2D eigenvalue weighted by Crippen LogP contribution is -2.47. The minimum absolute atomic E-state index is 0.120. The Bertz CT molecular complexity index is 1080. The van der Waals surface area contributed by atoms with Gasteiger partial charge in [0.25, 0.3) is 10.0 Å². The zero-order chi connectivity index (χ0) is 21.4. The van der Waals surface area contributed by atoms with Crippen molar-refractivity contribution in [2.75, 3.05) is 0 Å². The number of aromatic nitrogens is 2. The molecule has 0 radical (unpaired) electrons. The smallest absolute Gasteiger partial charge is 0.329 e. The number of halogens is 3. The molecule has 29 heavy (non-hydrogen) atoms. The van der Waals surface area contributed by atoms with Gasteiger partial charge in [-0.05, 0) is 29.9 Å². The van der Waals surface area contributed by atoms with Crippen molar-refractivity contribution < 1.29 is 26.1 Å². The molecule has 0 amide bonds. The summed E-state index contributed by atoms with van der Waals surface area (Å²) >= 11 is 1.11. The molecule has 0 aliphatic heterocycles. The van der Waals surface area contributed by atoms with Crippen LogP contribution in [0.5, 0.6) is 0 Å². The molecule has 11 heteroatoms. The lowest BCUT2D eigenvalue weighted by Gasteiger charge is -2.35. The molecule has 3 aromatic rings. The summed E-state index contributed by atoms with van der Waals surface area (Å²) in [5.41, 5.74) is 0.0200. The van der Waals surface area contributed by atoms with Crippen LogP contribution in [-0.2, 0) is 21.7 Å². The number of nitrogens with one attached hydrogen (secondary N) is 1. The molecule has 156 valence electrons. The van der Waals surface area contributed by atoms with E-state index in [-0.39, 0.29) is 16.0 Å². The van der Waals surface area contributed by atoms with Crippen molar-refractivity contribution >= 4 is 21.4 Å². The fourth-order valence-corrected chi connectivity index (χ4v) is 5.19. The van der Waals surface area contributed by atoms with Crippen molar-refractivity contribution in [2.45, 2.75) is 36.7 Å². The van der Waals surface area contributed by atoms with Gasteiger partial charge in [-0.3, -0.25) is 0 Å². The third-order valence-corrected chi connectivity index (χ3v) is 7.64. The molecule has 0 aliphatic rings. The van der Waals surface area contributed by atoms with Crippen molar-refractivity contribution in [1.29, 1.82) is 0 Å². The molecule has 0 spiro atoms. The maximum Gasteiger partial charge on any atom is 0.471 e. The Hall–Kier alpha value is -2.24. The molecule has 2 aromatic heterocycles. The van der Waals surface area contributed by atoms with Gasteiger partial charge in [0, 0.05) is 5.56 Å². The molecule has 0 saturated heterocycles. The number of hydrogen-bond acceptors (Lipinski definition) is 6. The SMILES string of the molecule is CC(C)C(C)(NS(=O)(=O)c1cccs1)c1ccc(-c2noc(C(F)(F)F)n2)cc1. The maximum absolute atomic E-state index is 12.7. The van der Waals surface area contributed by atoms with E-state index in [0.29, 0.717) is 11.1 Å². The van der Waals surface area contributed by atoms with E-state index >= 15 is 0 Å². The lowest BCUT2D eigenvalue weighted by molar-refractivity contribution is -0.159. The number of alkyl halides is 3. The van der Waals surface area contributed by atoms with E-state index in [4.69, 9.17) is 0 Å². The van der Waals surface area contributed by atoms with Crippen molar-refractivity contribution in [2.24, 2.45) is 5.92 Å². The molecule has 0 aliphatic carbocycles. The molecule has 1 aromatic carbocycles. The highest BCUT2D eigenvalue weighted by molar-refractivity contribution is 7.91. The maximum atomic E-state index is 12.7. The number of benzene rings is 1. The van der Waals surface area contributed by atoms with Crippen LogP contribution in [0.15, 0.2) is 50.5 Å². The minimum atomic E-state index is -4.72. The van der Waals surface area contributed by atoms with Crippen molar-refractivity contribution in [3.63, 3.8) is 0 Å². The normalized spacial score (nSPS) is 14.9. The summed E-state index contributed by atoms with van der Waals surface area (Å²) in [5, 5.41) is 5.03. The Labute approximate surface area is 169 Å². The third kappa shape index (κ3) is 4.36. The van der Waals surface area contributed by atoms with Gasteiger partial charge in [-0.25, -0.2) is 8.42 Å². The summed E-state index contributed by atoms with van der Waals surface area (Å²) in [4.78, 5) is 3.36. The first-order valence-corrected chi connectivity index (χ1v) is 10.9. The number of sulfonamides is 1. The topological polar surface area (TPSA) is 85.1 Å². The molecule has 6 nitrogen and oxygen atoms in total. The molecule has 3 rings (SSSR count). The lowest BCUT2D eigenvalue weighted by atomic mass is 9.82. The van der Waals surface area contributed by atoms with Crippen LogP contribution >= 0.6 is 11.3 Å². The quantitative estimate of drug-likeness (QED) is 0.596. The molecular weight excluding hydrogens is 427 g/mol. The fourth-order valence-electron chi connectivity index (χ4n) is 2.68. The van der Waals surface area contributed by atoms with E-state index in [1.54, 1.807) is 30.5 Å². The third-order valence-electron chi connectivity index (χ3n) is 4.67. The number of hydrogen-bond donors (Lipinski definition) is 1. The predicted molar refractivity (Wildman–Crippen MR) is 102 cm³/mol. The molecule has 0 saturated carbocycles. The largest absolute Gasteiger partial charge is 0.471 e. The zero-order valence-electron chi connectivity index (χ0n) is 15.7. The number of rotatable bonds is 6. The van der Waals surface area contributed by atoms with Crippen LogP contribution < -0.4 is 4.72 Å². The predicted octanol–water partition coefficient (Wildman–Crippen LogP) is 4.67. The van der Waals surface area contributed by atoms with E-state index in [1.807, 2.05) is 13.8 Å². The van der Waals surface area contributed by atoms with Gasteiger partial charge in [0.2, 0.25) is 5.82 Å². The summed E-state index contributed by atoms with van der Waals surface area (Å²) in [6.07, 6.45) is -4.72. The van der Waals surface area contributed by atoms with E-state index in [2.05, 4.69) is 19.4 Å². The van der Waals surface area contributed by atoms with Crippen molar-refractivity contribution in [1.82, 2.24) is 14.9 Å². The van der Waals surface area contributed by atoms with E-state index in [9.17, 15) is 21.6 Å². The van der Waals surface area contributed by atoms with E-state index in [1.165, 1.54) is 18.2 Å². The van der Waals surface area contributed by atoms with Gasteiger partial charge < -0.3 is 4.52 Å². The van der Waals surface area contributed by atoms with Crippen LogP contribution in [-0.4, -0.2) is 18.6 Å². The molecule has 1 unspecified atom stereocenters. The monoisotopic (exact) mass is 445 g/mol. The van der Waals surface area contributed by atoms with Gasteiger partial charge in [0.15, 0.2) is 0 Å². The number of nitrogens with zero attached hydrogens (tertiary/aromatic N) is 2. The van der Waals surface area contributed by atoms with Gasteiger partial charge in [-0.1, -0.05) is 49.3 Å². The second-order valence-corrected chi connectivity index (χ2v) is 9.75. The highest BCUT2D eigenvalue weighted by Gasteiger charge is 2.39. The van der Waals surface area contributed by atoms with Gasteiger partial charge >= 0.3 is 12.1 Å². The number of thiophene rings is 1. The average molecular weight is 445 g/mol. The first kappa shape index (κ1) is 21.5. The molecule has 1 N–H and O–H groups in total. The van der Waals surface area contributed by atoms with Crippen LogP contribution in [0.1, 0.15) is 32.2 Å². The molecule has 0 fully saturated rings. The second-order valence-electron chi connectivity index (χ2n) is 6.89. The standard InChI is InChI=1S/C18H18F3N3O3S2/c1-11(2)17(3,24-29(25,26)14-5-4-10-28-14)13-8-6-12(7-9-13)15-22-16(27-23-15)18(19,20)21/h4-11,24H,1-3H3. The minimum Gasteiger partial charge on any atom is -0.329 e. The van der Waals surface area contributed by atoms with Crippen molar-refractivity contribution in [3.8, 4) is 11.4 Å². The summed E-state index contributed by atoms with van der Waals surface area (Å²) < 4.78 is 70.6. The summed E-state index contributed by atoms with van der Waals surface area (Å²) in [6, 6.07) is 9.50.